The summed E-state index contributed by atoms with van der Waals surface area (Å²) in [7, 11) is 0. The Kier molecular flexibility index (Phi) is 5.24. The van der Waals surface area contributed by atoms with Crippen LogP contribution in [-0.2, 0) is 4.79 Å². The van der Waals surface area contributed by atoms with E-state index in [9.17, 15) is 4.79 Å². The number of hydrogen-bond donors (Lipinski definition) is 2. The second kappa shape index (κ2) is 6.97. The number of hydrogen-bond acceptors (Lipinski definition) is 2. The van der Waals surface area contributed by atoms with Crippen molar-refractivity contribution in [2.75, 3.05) is 17.2 Å². The maximum Gasteiger partial charge on any atom is 0.243 e. The molecule has 2 N–H and O–H groups in total. The zero-order valence-corrected chi connectivity index (χ0v) is 15.0. The lowest BCUT2D eigenvalue weighted by molar-refractivity contribution is -0.114. The molecule has 3 nitrogen and oxygen atoms in total. The summed E-state index contributed by atoms with van der Waals surface area (Å²) < 4.78 is 1.01. The van der Waals surface area contributed by atoms with Crippen LogP contribution >= 0.6 is 15.9 Å². The number of carbonyl (C=O) groups is 1. The van der Waals surface area contributed by atoms with Crippen molar-refractivity contribution in [3.63, 3.8) is 0 Å². The lowest BCUT2D eigenvalue weighted by Gasteiger charge is -2.14. The summed E-state index contributed by atoms with van der Waals surface area (Å²) in [6.45, 7) is 8.41. The summed E-state index contributed by atoms with van der Waals surface area (Å²) in [5, 5.41) is 6.17. The number of halogens is 1. The highest BCUT2D eigenvalue weighted by molar-refractivity contribution is 9.10. The topological polar surface area (TPSA) is 41.1 Å². The summed E-state index contributed by atoms with van der Waals surface area (Å²) in [6, 6.07) is 10.0. The average molecular weight is 361 g/mol. The van der Waals surface area contributed by atoms with Crippen molar-refractivity contribution in [1.29, 1.82) is 0 Å². The zero-order chi connectivity index (χ0) is 16.3. The smallest absolute Gasteiger partial charge is 0.243 e. The summed E-state index contributed by atoms with van der Waals surface area (Å²) in [4.78, 5) is 12.1. The van der Waals surface area contributed by atoms with Gasteiger partial charge < -0.3 is 10.6 Å². The van der Waals surface area contributed by atoms with Gasteiger partial charge >= 0.3 is 0 Å². The quantitative estimate of drug-likeness (QED) is 0.826. The van der Waals surface area contributed by atoms with E-state index >= 15 is 0 Å². The van der Waals surface area contributed by atoms with Crippen molar-refractivity contribution in [3.8, 4) is 0 Å². The standard InChI is InChI=1S/C18H21BrN2O/c1-11-7-13(3)18(14(4)8-11)20-10-17(22)21-16-6-5-15(19)9-12(16)2/h5-9,20H,10H2,1-4H3,(H,21,22). The van der Waals surface area contributed by atoms with Crippen molar-refractivity contribution in [2.45, 2.75) is 27.7 Å². The van der Waals surface area contributed by atoms with E-state index in [0.717, 1.165) is 32.5 Å². The third-order valence-corrected chi connectivity index (χ3v) is 4.06. The Bertz CT molecular complexity index is 687. The minimum Gasteiger partial charge on any atom is -0.376 e. The maximum absolute atomic E-state index is 12.1. The molecule has 0 radical (unpaired) electrons. The van der Waals surface area contributed by atoms with E-state index in [2.05, 4.69) is 59.5 Å². The van der Waals surface area contributed by atoms with Gasteiger partial charge in [0.05, 0.1) is 6.54 Å². The van der Waals surface area contributed by atoms with Crippen molar-refractivity contribution in [3.05, 3.63) is 57.1 Å². The predicted octanol–water partition coefficient (Wildman–Crippen LogP) is 4.73. The minimum atomic E-state index is -0.0511. The minimum absolute atomic E-state index is 0.0511. The van der Waals surface area contributed by atoms with Crippen molar-refractivity contribution < 1.29 is 4.79 Å². The van der Waals surface area contributed by atoms with Crippen LogP contribution in [0.25, 0.3) is 0 Å². The third-order valence-electron chi connectivity index (χ3n) is 3.57. The Morgan fingerprint density at radius 3 is 2.23 bits per heavy atom. The van der Waals surface area contributed by atoms with Gasteiger partial charge in [-0.25, -0.2) is 0 Å². The first-order valence-electron chi connectivity index (χ1n) is 7.24. The van der Waals surface area contributed by atoms with E-state index < -0.39 is 0 Å². The van der Waals surface area contributed by atoms with Crippen LogP contribution in [0.15, 0.2) is 34.8 Å². The van der Waals surface area contributed by atoms with E-state index in [0.29, 0.717) is 0 Å². The van der Waals surface area contributed by atoms with Gasteiger partial charge in [0.25, 0.3) is 0 Å². The summed E-state index contributed by atoms with van der Waals surface area (Å²) in [6.07, 6.45) is 0. The van der Waals surface area contributed by atoms with E-state index in [1.54, 1.807) is 0 Å². The largest absolute Gasteiger partial charge is 0.376 e. The highest BCUT2D eigenvalue weighted by atomic mass is 79.9. The number of nitrogens with one attached hydrogen (secondary N) is 2. The van der Waals surface area contributed by atoms with E-state index in [1.165, 1.54) is 5.56 Å². The Morgan fingerprint density at radius 2 is 1.64 bits per heavy atom. The van der Waals surface area contributed by atoms with Gasteiger partial charge in [-0.3, -0.25) is 4.79 Å². The molecule has 0 bridgehead atoms. The average Bonchev–Trinajstić information content (AvgIpc) is 2.40. The lowest BCUT2D eigenvalue weighted by atomic mass is 10.1. The molecule has 0 aromatic heterocycles. The van der Waals surface area contributed by atoms with Crippen LogP contribution in [-0.4, -0.2) is 12.5 Å². The molecule has 2 aromatic rings. The van der Waals surface area contributed by atoms with Crippen LogP contribution in [0.3, 0.4) is 0 Å². The number of benzene rings is 2. The number of carbonyl (C=O) groups excluding carboxylic acids is 1. The summed E-state index contributed by atoms with van der Waals surface area (Å²) in [5.74, 6) is -0.0511. The Balaban J connectivity index is 2.02. The molecule has 0 unspecified atom stereocenters. The molecule has 0 atom stereocenters. The van der Waals surface area contributed by atoms with Crippen LogP contribution < -0.4 is 10.6 Å². The van der Waals surface area contributed by atoms with Gasteiger partial charge in [0, 0.05) is 15.8 Å². The van der Waals surface area contributed by atoms with Gasteiger partial charge in [-0.15, -0.1) is 0 Å². The molecule has 0 aliphatic heterocycles. The SMILES string of the molecule is Cc1cc(C)c(NCC(=O)Nc2ccc(Br)cc2C)c(C)c1. The highest BCUT2D eigenvalue weighted by Crippen LogP contribution is 2.22. The van der Waals surface area contributed by atoms with Crippen LogP contribution in [0.2, 0.25) is 0 Å². The molecule has 2 aromatic carbocycles. The molecule has 0 saturated carbocycles. The van der Waals surface area contributed by atoms with Gasteiger partial charge in [-0.1, -0.05) is 33.6 Å². The molecule has 0 aliphatic carbocycles. The molecule has 1 amide bonds. The molecule has 116 valence electrons. The molecular weight excluding hydrogens is 340 g/mol. The molecule has 4 heteroatoms. The fourth-order valence-electron chi connectivity index (χ4n) is 2.59. The normalized spacial score (nSPS) is 10.4. The fraction of sp³-hybridized carbons (Fsp3) is 0.278. The van der Waals surface area contributed by atoms with Crippen molar-refractivity contribution in [2.24, 2.45) is 0 Å². The predicted molar refractivity (Wildman–Crippen MR) is 96.7 cm³/mol. The van der Waals surface area contributed by atoms with Crippen LogP contribution in [0.4, 0.5) is 11.4 Å². The first kappa shape index (κ1) is 16.6. The Labute approximate surface area is 140 Å². The number of anilines is 2. The summed E-state index contributed by atoms with van der Waals surface area (Å²) in [5.41, 5.74) is 6.46. The number of aryl methyl sites for hydroxylation is 4. The van der Waals surface area contributed by atoms with Crippen molar-refractivity contribution >= 4 is 33.2 Å². The zero-order valence-electron chi connectivity index (χ0n) is 13.4. The van der Waals surface area contributed by atoms with Gasteiger partial charge in [-0.2, -0.15) is 0 Å². The molecular formula is C18H21BrN2O. The van der Waals surface area contributed by atoms with Gasteiger partial charge in [0.15, 0.2) is 0 Å². The first-order chi connectivity index (χ1) is 10.4. The number of rotatable bonds is 4. The fourth-order valence-corrected chi connectivity index (χ4v) is 3.06. The van der Waals surface area contributed by atoms with Crippen LogP contribution in [0.1, 0.15) is 22.3 Å². The Morgan fingerprint density at radius 1 is 1.00 bits per heavy atom. The van der Waals surface area contributed by atoms with Gasteiger partial charge in [-0.05, 0) is 62.6 Å². The van der Waals surface area contributed by atoms with E-state index in [-0.39, 0.29) is 12.5 Å². The third kappa shape index (κ3) is 4.10. The van der Waals surface area contributed by atoms with Crippen molar-refractivity contribution in [1.82, 2.24) is 0 Å². The lowest BCUT2D eigenvalue weighted by Crippen LogP contribution is -2.22. The Hall–Kier alpha value is -1.81. The van der Waals surface area contributed by atoms with Crippen LogP contribution in [0, 0.1) is 27.7 Å². The second-order valence-corrected chi connectivity index (χ2v) is 6.55. The monoisotopic (exact) mass is 360 g/mol. The molecule has 0 aliphatic rings. The molecule has 0 fully saturated rings. The highest BCUT2D eigenvalue weighted by Gasteiger charge is 2.08. The van der Waals surface area contributed by atoms with Gasteiger partial charge in [0.2, 0.25) is 5.91 Å². The van der Waals surface area contributed by atoms with Crippen LogP contribution in [0.5, 0.6) is 0 Å². The van der Waals surface area contributed by atoms with Gasteiger partial charge in [0.1, 0.15) is 0 Å². The molecule has 0 heterocycles. The molecule has 0 spiro atoms. The molecule has 2 rings (SSSR count). The second-order valence-electron chi connectivity index (χ2n) is 5.63. The number of amides is 1. The van der Waals surface area contributed by atoms with E-state index in [1.807, 2.05) is 25.1 Å². The summed E-state index contributed by atoms with van der Waals surface area (Å²) >= 11 is 3.42. The van der Waals surface area contributed by atoms with E-state index in [4.69, 9.17) is 0 Å². The first-order valence-corrected chi connectivity index (χ1v) is 8.04. The molecule has 22 heavy (non-hydrogen) atoms. The molecule has 0 saturated heterocycles. The maximum atomic E-state index is 12.1.